The third kappa shape index (κ3) is 4.97. The van der Waals surface area contributed by atoms with Crippen molar-refractivity contribution in [1.29, 1.82) is 0 Å². The molecule has 31 heavy (non-hydrogen) atoms. The Morgan fingerprint density at radius 2 is 1.90 bits per heavy atom. The number of thiazole rings is 1. The summed E-state index contributed by atoms with van der Waals surface area (Å²) in [6, 6.07) is 12.1. The summed E-state index contributed by atoms with van der Waals surface area (Å²) in [5.41, 5.74) is 1.37. The van der Waals surface area contributed by atoms with Crippen molar-refractivity contribution < 1.29 is 13.2 Å². The van der Waals surface area contributed by atoms with Crippen molar-refractivity contribution in [2.45, 2.75) is 4.90 Å². The van der Waals surface area contributed by atoms with Crippen LogP contribution in [0.1, 0.15) is 5.56 Å². The number of carbonyl (C=O) groups is 1. The molecular formula is C21H21ClN4O3S2. The number of hydrogen-bond acceptors (Lipinski definition) is 6. The number of amides is 1. The summed E-state index contributed by atoms with van der Waals surface area (Å²) in [5.74, 6) is -0.343. The number of rotatable bonds is 5. The first-order valence-electron chi connectivity index (χ1n) is 9.66. The Labute approximate surface area is 190 Å². The zero-order valence-corrected chi connectivity index (χ0v) is 19.2. The minimum atomic E-state index is -3.56. The normalized spacial score (nSPS) is 16.2. The van der Waals surface area contributed by atoms with Crippen LogP contribution in [0.25, 0.3) is 16.3 Å². The minimum Gasteiger partial charge on any atom is -0.304 e. The summed E-state index contributed by atoms with van der Waals surface area (Å²) < 4.78 is 28.1. The lowest BCUT2D eigenvalue weighted by atomic mass is 10.2. The van der Waals surface area contributed by atoms with Crippen LogP contribution in [0.2, 0.25) is 5.02 Å². The number of aromatic nitrogens is 1. The van der Waals surface area contributed by atoms with Crippen LogP contribution < -0.4 is 5.32 Å². The number of hydrogen-bond donors (Lipinski definition) is 1. The molecule has 1 saturated heterocycles. The standard InChI is InChI=1S/C21H21ClN4O3S2/c1-25-10-12-26(13-11-25)31(28,29)16-7-8-18-19(14-16)30-21(23-18)24-20(27)9-6-15-4-2-3-5-17(15)22/h2-9,14H,10-13H2,1H3,(H,23,24,27)/b9-6+. The van der Waals surface area contributed by atoms with Gasteiger partial charge in [-0.3, -0.25) is 10.1 Å². The van der Waals surface area contributed by atoms with Gasteiger partial charge in [-0.1, -0.05) is 41.1 Å². The quantitative estimate of drug-likeness (QED) is 0.569. The highest BCUT2D eigenvalue weighted by Gasteiger charge is 2.27. The summed E-state index contributed by atoms with van der Waals surface area (Å²) in [5, 5.41) is 3.68. The highest BCUT2D eigenvalue weighted by molar-refractivity contribution is 7.89. The van der Waals surface area contributed by atoms with Crippen LogP contribution in [-0.2, 0) is 14.8 Å². The molecule has 2 aromatic carbocycles. The van der Waals surface area contributed by atoms with Gasteiger partial charge < -0.3 is 4.90 Å². The second-order valence-corrected chi connectivity index (χ2v) is 10.6. The van der Waals surface area contributed by atoms with E-state index in [1.54, 1.807) is 30.3 Å². The first kappa shape index (κ1) is 21.9. The smallest absolute Gasteiger partial charge is 0.250 e. The van der Waals surface area contributed by atoms with E-state index in [-0.39, 0.29) is 10.8 Å². The van der Waals surface area contributed by atoms with Gasteiger partial charge in [-0.05, 0) is 43.0 Å². The van der Waals surface area contributed by atoms with Gasteiger partial charge in [-0.2, -0.15) is 4.31 Å². The van der Waals surface area contributed by atoms with E-state index in [1.807, 2.05) is 25.2 Å². The van der Waals surface area contributed by atoms with E-state index in [9.17, 15) is 13.2 Å². The molecule has 2 heterocycles. The van der Waals surface area contributed by atoms with Crippen molar-refractivity contribution in [2.75, 3.05) is 38.5 Å². The van der Waals surface area contributed by atoms with Crippen LogP contribution in [0.5, 0.6) is 0 Å². The number of piperazine rings is 1. The van der Waals surface area contributed by atoms with Crippen LogP contribution in [-0.4, -0.2) is 61.7 Å². The highest BCUT2D eigenvalue weighted by Crippen LogP contribution is 2.29. The summed E-state index contributed by atoms with van der Waals surface area (Å²) in [6.07, 6.45) is 3.02. The lowest BCUT2D eigenvalue weighted by Crippen LogP contribution is -2.46. The van der Waals surface area contributed by atoms with E-state index < -0.39 is 10.0 Å². The number of nitrogens with zero attached hydrogens (tertiary/aromatic N) is 3. The fourth-order valence-electron chi connectivity index (χ4n) is 3.22. The molecule has 1 aliphatic rings. The molecule has 1 amide bonds. The van der Waals surface area contributed by atoms with Gasteiger partial charge in [0.15, 0.2) is 5.13 Å². The number of sulfonamides is 1. The van der Waals surface area contributed by atoms with Gasteiger partial charge in [-0.15, -0.1) is 0 Å². The van der Waals surface area contributed by atoms with Crippen LogP contribution in [0, 0.1) is 0 Å². The molecule has 0 unspecified atom stereocenters. The number of anilines is 1. The van der Waals surface area contributed by atoms with Crippen LogP contribution in [0.4, 0.5) is 5.13 Å². The van der Waals surface area contributed by atoms with Crippen molar-refractivity contribution >= 4 is 60.3 Å². The lowest BCUT2D eigenvalue weighted by Gasteiger charge is -2.31. The average molecular weight is 477 g/mol. The van der Waals surface area contributed by atoms with Crippen molar-refractivity contribution in [3.05, 3.63) is 59.1 Å². The molecule has 162 valence electrons. The van der Waals surface area contributed by atoms with Gasteiger partial charge >= 0.3 is 0 Å². The zero-order valence-electron chi connectivity index (χ0n) is 16.8. The predicted molar refractivity (Wildman–Crippen MR) is 125 cm³/mol. The molecule has 1 aromatic heterocycles. The molecule has 4 rings (SSSR count). The monoisotopic (exact) mass is 476 g/mol. The summed E-state index contributed by atoms with van der Waals surface area (Å²) in [7, 11) is -1.58. The molecule has 0 spiro atoms. The van der Waals surface area contributed by atoms with Crippen molar-refractivity contribution in [3.63, 3.8) is 0 Å². The summed E-state index contributed by atoms with van der Waals surface area (Å²) >= 11 is 7.32. The van der Waals surface area contributed by atoms with E-state index in [0.29, 0.717) is 46.5 Å². The second kappa shape index (κ2) is 9.05. The molecule has 0 radical (unpaired) electrons. The SMILES string of the molecule is CN1CCN(S(=O)(=O)c2ccc3nc(NC(=O)/C=C/c4ccccc4Cl)sc3c2)CC1. The van der Waals surface area contributed by atoms with Gasteiger partial charge in [0.25, 0.3) is 0 Å². The summed E-state index contributed by atoms with van der Waals surface area (Å²) in [4.78, 5) is 19.0. The Bertz CT molecular complexity index is 1250. The maximum absolute atomic E-state index is 13.0. The van der Waals surface area contributed by atoms with Gasteiger partial charge in [0, 0.05) is 37.3 Å². The Balaban J connectivity index is 1.50. The lowest BCUT2D eigenvalue weighted by molar-refractivity contribution is -0.111. The third-order valence-electron chi connectivity index (χ3n) is 5.01. The van der Waals surface area contributed by atoms with Gasteiger partial charge in [-0.25, -0.2) is 13.4 Å². The Morgan fingerprint density at radius 1 is 1.16 bits per heavy atom. The minimum absolute atomic E-state index is 0.240. The molecular weight excluding hydrogens is 456 g/mol. The molecule has 0 atom stereocenters. The fourth-order valence-corrected chi connectivity index (χ4v) is 5.85. The van der Waals surface area contributed by atoms with E-state index in [2.05, 4.69) is 15.2 Å². The number of benzene rings is 2. The van der Waals surface area contributed by atoms with E-state index >= 15 is 0 Å². The molecule has 10 heteroatoms. The van der Waals surface area contributed by atoms with E-state index in [1.165, 1.54) is 21.7 Å². The zero-order chi connectivity index (χ0) is 22.0. The maximum atomic E-state index is 13.0. The molecule has 0 saturated carbocycles. The molecule has 0 bridgehead atoms. The number of carbonyl (C=O) groups excluding carboxylic acids is 1. The molecule has 1 aliphatic heterocycles. The Kier molecular flexibility index (Phi) is 6.40. The fraction of sp³-hybridized carbons (Fsp3) is 0.238. The van der Waals surface area contributed by atoms with Gasteiger partial charge in [0.05, 0.1) is 15.1 Å². The number of likely N-dealkylation sites (N-methyl/N-ethyl adjacent to an activating group) is 1. The third-order valence-corrected chi connectivity index (χ3v) is 8.18. The molecule has 3 aromatic rings. The molecule has 1 N–H and O–H groups in total. The largest absolute Gasteiger partial charge is 0.304 e. The first-order valence-corrected chi connectivity index (χ1v) is 12.3. The van der Waals surface area contributed by atoms with Gasteiger partial charge in [0.2, 0.25) is 15.9 Å². The average Bonchev–Trinajstić information content (AvgIpc) is 3.15. The van der Waals surface area contributed by atoms with Crippen molar-refractivity contribution in [1.82, 2.24) is 14.2 Å². The molecule has 1 fully saturated rings. The van der Waals surface area contributed by atoms with Crippen molar-refractivity contribution in [3.8, 4) is 0 Å². The van der Waals surface area contributed by atoms with E-state index in [4.69, 9.17) is 11.6 Å². The maximum Gasteiger partial charge on any atom is 0.250 e. The van der Waals surface area contributed by atoms with E-state index in [0.717, 1.165) is 5.56 Å². The predicted octanol–water partition coefficient (Wildman–Crippen LogP) is 3.54. The van der Waals surface area contributed by atoms with Crippen LogP contribution >= 0.6 is 22.9 Å². The van der Waals surface area contributed by atoms with Gasteiger partial charge in [0.1, 0.15) is 0 Å². The highest BCUT2D eigenvalue weighted by atomic mass is 35.5. The van der Waals surface area contributed by atoms with Crippen LogP contribution in [0.15, 0.2) is 53.4 Å². The Morgan fingerprint density at radius 3 is 2.65 bits per heavy atom. The molecule has 7 nitrogen and oxygen atoms in total. The first-order chi connectivity index (χ1) is 14.8. The van der Waals surface area contributed by atoms with Crippen molar-refractivity contribution in [2.24, 2.45) is 0 Å². The number of nitrogens with one attached hydrogen (secondary N) is 1. The van der Waals surface area contributed by atoms with Crippen LogP contribution in [0.3, 0.4) is 0 Å². The number of halogens is 1. The summed E-state index contributed by atoms with van der Waals surface area (Å²) in [6.45, 7) is 2.36. The second-order valence-electron chi connectivity index (χ2n) is 7.20. The topological polar surface area (TPSA) is 82.6 Å². The molecule has 0 aliphatic carbocycles. The Hall–Kier alpha value is -2.30. The number of fused-ring (bicyclic) bond motifs is 1.